The normalized spacial score (nSPS) is 12.1. The number of hydrogen-bond acceptors (Lipinski definition) is 5. The Labute approximate surface area is 176 Å². The van der Waals surface area contributed by atoms with Gasteiger partial charge in [-0.3, -0.25) is 9.59 Å². The highest BCUT2D eigenvalue weighted by atomic mass is 35.5. The number of ether oxygens (including phenoxy) is 1. The monoisotopic (exact) mass is 419 g/mol. The lowest BCUT2D eigenvalue weighted by atomic mass is 10.1. The summed E-state index contributed by atoms with van der Waals surface area (Å²) in [6, 6.07) is 14.4. The molecule has 0 aromatic heterocycles. The zero-order valence-corrected chi connectivity index (χ0v) is 17.2. The molecule has 0 fully saturated rings. The summed E-state index contributed by atoms with van der Waals surface area (Å²) in [4.78, 5) is 36.0. The van der Waals surface area contributed by atoms with Crippen molar-refractivity contribution in [2.75, 3.05) is 11.9 Å². The molecule has 0 saturated carbocycles. The van der Waals surface area contributed by atoms with Crippen LogP contribution in [0.25, 0.3) is 0 Å². The molecule has 0 heterocycles. The Kier molecular flexibility index (Phi) is 9.85. The molecule has 4 N–H and O–H groups in total. The van der Waals surface area contributed by atoms with Crippen molar-refractivity contribution >= 4 is 35.9 Å². The van der Waals surface area contributed by atoms with Gasteiger partial charge in [-0.2, -0.15) is 0 Å². The van der Waals surface area contributed by atoms with E-state index >= 15 is 0 Å². The van der Waals surface area contributed by atoms with Crippen LogP contribution >= 0.6 is 12.4 Å². The summed E-state index contributed by atoms with van der Waals surface area (Å²) in [5, 5.41) is 5.30. The summed E-state index contributed by atoms with van der Waals surface area (Å²) in [7, 11) is 0. The van der Waals surface area contributed by atoms with Gasteiger partial charge < -0.3 is 21.1 Å². The second-order valence-electron chi connectivity index (χ2n) is 6.31. The molecule has 156 valence electrons. The molecule has 1 unspecified atom stereocenters. The van der Waals surface area contributed by atoms with Gasteiger partial charge in [-0.1, -0.05) is 30.3 Å². The second kappa shape index (κ2) is 11.8. The van der Waals surface area contributed by atoms with E-state index in [0.29, 0.717) is 17.7 Å². The topological polar surface area (TPSA) is 111 Å². The van der Waals surface area contributed by atoms with Gasteiger partial charge in [0.15, 0.2) is 0 Å². The summed E-state index contributed by atoms with van der Waals surface area (Å²) in [5.74, 6) is -1.21. The number of benzene rings is 2. The molecule has 8 heteroatoms. The number of hydrogen-bond donors (Lipinski definition) is 3. The van der Waals surface area contributed by atoms with Gasteiger partial charge in [0.2, 0.25) is 5.91 Å². The maximum absolute atomic E-state index is 12.3. The molecule has 7 nitrogen and oxygen atoms in total. The van der Waals surface area contributed by atoms with E-state index in [-0.39, 0.29) is 24.9 Å². The Balaban J connectivity index is 0.00000420. The van der Waals surface area contributed by atoms with Gasteiger partial charge in [-0.15, -0.1) is 12.4 Å². The Hall–Kier alpha value is -2.90. The van der Waals surface area contributed by atoms with Crippen LogP contribution in [0, 0.1) is 0 Å². The lowest BCUT2D eigenvalue weighted by molar-refractivity contribution is -0.144. The molecular weight excluding hydrogens is 394 g/mol. The van der Waals surface area contributed by atoms with Crippen molar-refractivity contribution in [2.24, 2.45) is 5.73 Å². The molecule has 2 atom stereocenters. The van der Waals surface area contributed by atoms with Crippen molar-refractivity contribution in [2.45, 2.75) is 32.4 Å². The van der Waals surface area contributed by atoms with Crippen LogP contribution in [0.4, 0.5) is 5.69 Å². The Bertz CT molecular complexity index is 812. The molecule has 2 aromatic rings. The average Bonchev–Trinajstić information content (AvgIpc) is 2.69. The van der Waals surface area contributed by atoms with E-state index in [1.54, 1.807) is 38.1 Å². The number of nitrogens with two attached hydrogens (primary N) is 1. The highest BCUT2D eigenvalue weighted by molar-refractivity contribution is 5.98. The number of rotatable bonds is 8. The molecule has 2 amide bonds. The Morgan fingerprint density at radius 3 is 2.24 bits per heavy atom. The molecule has 0 bridgehead atoms. The zero-order valence-electron chi connectivity index (χ0n) is 16.4. The van der Waals surface area contributed by atoms with E-state index in [4.69, 9.17) is 10.5 Å². The lowest BCUT2D eigenvalue weighted by Gasteiger charge is -2.14. The second-order valence-corrected chi connectivity index (χ2v) is 6.31. The summed E-state index contributed by atoms with van der Waals surface area (Å²) in [6.07, 6.45) is 0.429. The predicted octanol–water partition coefficient (Wildman–Crippen LogP) is 2.30. The average molecular weight is 420 g/mol. The molecule has 0 saturated heterocycles. The molecule has 2 rings (SSSR count). The highest BCUT2D eigenvalue weighted by Crippen LogP contribution is 2.11. The van der Waals surface area contributed by atoms with E-state index < -0.39 is 24.0 Å². The van der Waals surface area contributed by atoms with Crippen LogP contribution in [0.15, 0.2) is 54.6 Å². The van der Waals surface area contributed by atoms with Crippen LogP contribution < -0.4 is 16.4 Å². The van der Waals surface area contributed by atoms with Gasteiger partial charge in [0.25, 0.3) is 5.91 Å². The fraction of sp³-hybridized carbons (Fsp3) is 0.286. The third-order valence-corrected chi connectivity index (χ3v) is 4.04. The van der Waals surface area contributed by atoms with E-state index in [2.05, 4.69) is 10.6 Å². The summed E-state index contributed by atoms with van der Waals surface area (Å²) in [6.45, 7) is 3.50. The van der Waals surface area contributed by atoms with Crippen molar-refractivity contribution in [3.63, 3.8) is 0 Å². The van der Waals surface area contributed by atoms with Crippen LogP contribution in [0.2, 0.25) is 0 Å². The van der Waals surface area contributed by atoms with Crippen LogP contribution in [-0.2, 0) is 20.7 Å². The SMILES string of the molecule is CCOC(=O)C(C)NC(=O)c1ccc(NC(=O)[C@@H](N)Cc2ccccc2)cc1.Cl. The minimum atomic E-state index is -0.747. The maximum atomic E-state index is 12.3. The third-order valence-electron chi connectivity index (χ3n) is 4.04. The summed E-state index contributed by atoms with van der Waals surface area (Å²) >= 11 is 0. The molecule has 0 aliphatic heterocycles. The predicted molar refractivity (Wildman–Crippen MR) is 114 cm³/mol. The highest BCUT2D eigenvalue weighted by Gasteiger charge is 2.18. The van der Waals surface area contributed by atoms with Gasteiger partial charge in [-0.25, -0.2) is 4.79 Å². The first-order valence-electron chi connectivity index (χ1n) is 9.08. The third kappa shape index (κ3) is 7.56. The smallest absolute Gasteiger partial charge is 0.328 e. The molecule has 0 radical (unpaired) electrons. The van der Waals surface area contributed by atoms with Crippen molar-refractivity contribution in [3.8, 4) is 0 Å². The standard InChI is InChI=1S/C21H25N3O4.ClH/c1-3-28-21(27)14(2)23-19(25)16-9-11-17(12-10-16)24-20(26)18(22)13-15-7-5-4-6-8-15;/h4-12,14,18H,3,13,22H2,1-2H3,(H,23,25)(H,24,26);1H/t14?,18-;/m0./s1. The van der Waals surface area contributed by atoms with Crippen LogP contribution in [0.5, 0.6) is 0 Å². The number of amides is 2. The van der Waals surface area contributed by atoms with Crippen molar-refractivity contribution < 1.29 is 19.1 Å². The lowest BCUT2D eigenvalue weighted by Crippen LogP contribution is -2.39. The largest absolute Gasteiger partial charge is 0.464 e. The molecule has 2 aromatic carbocycles. The number of carbonyl (C=O) groups is 3. The molecule has 29 heavy (non-hydrogen) atoms. The number of carbonyl (C=O) groups excluding carboxylic acids is 3. The van der Waals surface area contributed by atoms with E-state index in [0.717, 1.165) is 5.56 Å². The van der Waals surface area contributed by atoms with Gasteiger partial charge in [0.05, 0.1) is 12.6 Å². The van der Waals surface area contributed by atoms with Crippen molar-refractivity contribution in [3.05, 3.63) is 65.7 Å². The fourth-order valence-electron chi connectivity index (χ4n) is 2.51. The number of anilines is 1. The summed E-state index contributed by atoms with van der Waals surface area (Å²) in [5.41, 5.74) is 7.84. The van der Waals surface area contributed by atoms with Crippen LogP contribution in [0.1, 0.15) is 29.8 Å². The van der Waals surface area contributed by atoms with E-state index in [1.165, 1.54) is 0 Å². The first kappa shape index (κ1) is 24.1. The van der Waals surface area contributed by atoms with Gasteiger partial charge in [0.1, 0.15) is 6.04 Å². The zero-order chi connectivity index (χ0) is 20.5. The quantitative estimate of drug-likeness (QED) is 0.568. The Morgan fingerprint density at radius 2 is 1.66 bits per heavy atom. The van der Waals surface area contributed by atoms with Gasteiger partial charge >= 0.3 is 5.97 Å². The number of nitrogens with one attached hydrogen (secondary N) is 2. The van der Waals surface area contributed by atoms with Gasteiger partial charge in [-0.05, 0) is 50.1 Å². The number of esters is 1. The van der Waals surface area contributed by atoms with Crippen LogP contribution in [0.3, 0.4) is 0 Å². The molecule has 0 aliphatic rings. The first-order chi connectivity index (χ1) is 13.4. The van der Waals surface area contributed by atoms with Gasteiger partial charge in [0, 0.05) is 11.3 Å². The van der Waals surface area contributed by atoms with Crippen molar-refractivity contribution in [1.82, 2.24) is 5.32 Å². The van der Waals surface area contributed by atoms with Crippen LogP contribution in [-0.4, -0.2) is 36.5 Å². The summed E-state index contributed by atoms with van der Waals surface area (Å²) < 4.78 is 4.86. The maximum Gasteiger partial charge on any atom is 0.328 e. The molecule has 0 spiro atoms. The fourth-order valence-corrected chi connectivity index (χ4v) is 2.51. The van der Waals surface area contributed by atoms with E-state index in [9.17, 15) is 14.4 Å². The first-order valence-corrected chi connectivity index (χ1v) is 9.08. The molecular formula is C21H26ClN3O4. The van der Waals surface area contributed by atoms with E-state index in [1.807, 2.05) is 30.3 Å². The minimum absolute atomic E-state index is 0. The number of halogens is 1. The molecule has 0 aliphatic carbocycles. The Morgan fingerprint density at radius 1 is 1.03 bits per heavy atom. The minimum Gasteiger partial charge on any atom is -0.464 e. The van der Waals surface area contributed by atoms with Crippen molar-refractivity contribution in [1.29, 1.82) is 0 Å².